The van der Waals surface area contributed by atoms with E-state index in [4.69, 9.17) is 4.74 Å². The topological polar surface area (TPSA) is 58.6 Å². The molecule has 4 heteroatoms. The second-order valence-electron chi connectivity index (χ2n) is 5.08. The van der Waals surface area contributed by atoms with Gasteiger partial charge in [0.15, 0.2) is 0 Å². The highest BCUT2D eigenvalue weighted by Crippen LogP contribution is 2.24. The lowest BCUT2D eigenvalue weighted by Gasteiger charge is -2.14. The van der Waals surface area contributed by atoms with Crippen LogP contribution in [0.2, 0.25) is 0 Å². The van der Waals surface area contributed by atoms with Crippen LogP contribution in [0.15, 0.2) is 30.3 Å². The Morgan fingerprint density at radius 2 is 2.25 bits per heavy atom. The van der Waals surface area contributed by atoms with Gasteiger partial charge in [0.1, 0.15) is 5.75 Å². The van der Waals surface area contributed by atoms with Crippen LogP contribution < -0.4 is 10.1 Å². The Morgan fingerprint density at radius 3 is 2.95 bits per heavy atom. The minimum atomic E-state index is -0.270. The Balaban J connectivity index is 1.86. The molecule has 0 spiro atoms. The number of amides is 1. The molecule has 2 atom stereocenters. The third-order valence-electron chi connectivity index (χ3n) is 3.71. The third-order valence-corrected chi connectivity index (χ3v) is 3.71. The van der Waals surface area contributed by atoms with E-state index in [9.17, 15) is 9.90 Å². The molecule has 1 aromatic carbocycles. The summed E-state index contributed by atoms with van der Waals surface area (Å²) in [4.78, 5) is 11.8. The van der Waals surface area contributed by atoms with E-state index in [-0.39, 0.29) is 17.9 Å². The summed E-state index contributed by atoms with van der Waals surface area (Å²) in [5.74, 6) is 0.788. The number of carbonyl (C=O) groups excluding carboxylic acids is 1. The number of hydrogen-bond acceptors (Lipinski definition) is 3. The van der Waals surface area contributed by atoms with Crippen LogP contribution in [0.1, 0.15) is 24.8 Å². The molecule has 108 valence electrons. The highest BCUT2D eigenvalue weighted by molar-refractivity contribution is 5.92. The smallest absolute Gasteiger partial charge is 0.244 e. The maximum Gasteiger partial charge on any atom is 0.244 e. The number of rotatable bonds is 5. The minimum absolute atomic E-state index is 0.144. The molecule has 0 bridgehead atoms. The summed E-state index contributed by atoms with van der Waals surface area (Å²) in [6.07, 6.45) is 5.83. The van der Waals surface area contributed by atoms with Gasteiger partial charge >= 0.3 is 0 Å². The molecule has 1 fully saturated rings. The number of hydrogen-bond donors (Lipinski definition) is 2. The summed E-state index contributed by atoms with van der Waals surface area (Å²) in [5.41, 5.74) is 0.867. The van der Waals surface area contributed by atoms with E-state index in [0.717, 1.165) is 30.6 Å². The van der Waals surface area contributed by atoms with E-state index in [1.807, 2.05) is 24.3 Å². The Labute approximate surface area is 119 Å². The second-order valence-corrected chi connectivity index (χ2v) is 5.08. The summed E-state index contributed by atoms with van der Waals surface area (Å²) in [7, 11) is 1.61. The van der Waals surface area contributed by atoms with Gasteiger partial charge in [0.25, 0.3) is 0 Å². The number of aliphatic hydroxyl groups is 1. The number of aliphatic hydroxyl groups excluding tert-OH is 1. The van der Waals surface area contributed by atoms with E-state index < -0.39 is 0 Å². The number of para-hydroxylation sites is 1. The lowest BCUT2D eigenvalue weighted by atomic mass is 10.1. The molecule has 0 radical (unpaired) electrons. The molecule has 0 aromatic heterocycles. The molecule has 2 rings (SSSR count). The van der Waals surface area contributed by atoms with Gasteiger partial charge in [-0.2, -0.15) is 0 Å². The number of carbonyl (C=O) groups is 1. The zero-order valence-corrected chi connectivity index (χ0v) is 11.7. The van der Waals surface area contributed by atoms with Crippen molar-refractivity contribution in [1.29, 1.82) is 0 Å². The van der Waals surface area contributed by atoms with Crippen molar-refractivity contribution in [3.63, 3.8) is 0 Å². The van der Waals surface area contributed by atoms with Crippen molar-refractivity contribution in [1.82, 2.24) is 5.32 Å². The number of methoxy groups -OCH3 is 1. The molecular formula is C16H21NO3. The van der Waals surface area contributed by atoms with Crippen LogP contribution in [0, 0.1) is 5.92 Å². The predicted molar refractivity (Wildman–Crippen MR) is 78.4 cm³/mol. The molecule has 4 nitrogen and oxygen atoms in total. The summed E-state index contributed by atoms with van der Waals surface area (Å²) in [6.45, 7) is 0.538. The van der Waals surface area contributed by atoms with Crippen molar-refractivity contribution in [3.05, 3.63) is 35.9 Å². The lowest BCUT2D eigenvalue weighted by molar-refractivity contribution is -0.116. The third kappa shape index (κ3) is 3.84. The SMILES string of the molecule is COc1ccccc1C=CC(=O)NCC1CCCC1O. The molecule has 0 aliphatic heterocycles. The quantitative estimate of drug-likeness (QED) is 0.808. The summed E-state index contributed by atoms with van der Waals surface area (Å²) < 4.78 is 5.22. The molecule has 1 aliphatic carbocycles. The number of nitrogens with one attached hydrogen (secondary N) is 1. The van der Waals surface area contributed by atoms with Gasteiger partial charge in [-0.3, -0.25) is 4.79 Å². The summed E-state index contributed by atoms with van der Waals surface area (Å²) >= 11 is 0. The fourth-order valence-electron chi connectivity index (χ4n) is 2.52. The molecule has 2 N–H and O–H groups in total. The summed E-state index contributed by atoms with van der Waals surface area (Å²) in [6, 6.07) is 7.53. The van der Waals surface area contributed by atoms with Crippen molar-refractivity contribution < 1.29 is 14.6 Å². The standard InChI is InChI=1S/C16H21NO3/c1-20-15-8-3-2-5-12(15)9-10-16(19)17-11-13-6-4-7-14(13)18/h2-3,5,8-10,13-14,18H,4,6-7,11H2,1H3,(H,17,19). The number of ether oxygens (including phenoxy) is 1. The predicted octanol–water partition coefficient (Wildman–Crippen LogP) is 1.99. The minimum Gasteiger partial charge on any atom is -0.496 e. The van der Waals surface area contributed by atoms with Crippen LogP contribution >= 0.6 is 0 Å². The van der Waals surface area contributed by atoms with E-state index in [0.29, 0.717) is 6.54 Å². The zero-order valence-electron chi connectivity index (χ0n) is 11.7. The van der Waals surface area contributed by atoms with Gasteiger partial charge in [-0.1, -0.05) is 24.6 Å². The van der Waals surface area contributed by atoms with Gasteiger partial charge in [0, 0.05) is 24.1 Å². The van der Waals surface area contributed by atoms with Crippen LogP contribution in [0.5, 0.6) is 5.75 Å². The Hall–Kier alpha value is -1.81. The van der Waals surface area contributed by atoms with Gasteiger partial charge in [0.05, 0.1) is 13.2 Å². The van der Waals surface area contributed by atoms with Gasteiger partial charge in [-0.05, 0) is 25.0 Å². The van der Waals surface area contributed by atoms with Gasteiger partial charge < -0.3 is 15.2 Å². The molecule has 2 unspecified atom stereocenters. The first-order chi connectivity index (χ1) is 9.70. The van der Waals surface area contributed by atoms with E-state index in [1.165, 1.54) is 6.08 Å². The average molecular weight is 275 g/mol. The highest BCUT2D eigenvalue weighted by Gasteiger charge is 2.24. The Bertz CT molecular complexity index is 484. The molecule has 20 heavy (non-hydrogen) atoms. The lowest BCUT2D eigenvalue weighted by Crippen LogP contribution is -2.31. The molecule has 0 saturated heterocycles. The Morgan fingerprint density at radius 1 is 1.45 bits per heavy atom. The average Bonchev–Trinajstić information content (AvgIpc) is 2.88. The van der Waals surface area contributed by atoms with Gasteiger partial charge in [-0.15, -0.1) is 0 Å². The molecule has 1 aromatic rings. The van der Waals surface area contributed by atoms with Crippen LogP contribution in [0.4, 0.5) is 0 Å². The van der Waals surface area contributed by atoms with Gasteiger partial charge in [0.2, 0.25) is 5.91 Å². The van der Waals surface area contributed by atoms with Crippen LogP contribution in [0.25, 0.3) is 6.08 Å². The molecule has 1 aliphatic rings. The van der Waals surface area contributed by atoms with E-state index in [1.54, 1.807) is 13.2 Å². The molecule has 0 heterocycles. The van der Waals surface area contributed by atoms with E-state index >= 15 is 0 Å². The Kier molecular flexibility index (Phi) is 5.18. The summed E-state index contributed by atoms with van der Waals surface area (Å²) in [5, 5.41) is 12.5. The largest absolute Gasteiger partial charge is 0.496 e. The first-order valence-electron chi connectivity index (χ1n) is 6.97. The maximum atomic E-state index is 11.8. The van der Waals surface area contributed by atoms with Crippen LogP contribution in [0.3, 0.4) is 0 Å². The second kappa shape index (κ2) is 7.10. The first kappa shape index (κ1) is 14.6. The van der Waals surface area contributed by atoms with Crippen molar-refractivity contribution in [2.75, 3.05) is 13.7 Å². The molecular weight excluding hydrogens is 254 g/mol. The van der Waals surface area contributed by atoms with Crippen LogP contribution in [-0.4, -0.2) is 30.8 Å². The van der Waals surface area contributed by atoms with Crippen molar-refractivity contribution in [2.45, 2.75) is 25.4 Å². The van der Waals surface area contributed by atoms with Gasteiger partial charge in [-0.25, -0.2) is 0 Å². The number of benzene rings is 1. The van der Waals surface area contributed by atoms with E-state index in [2.05, 4.69) is 5.32 Å². The van der Waals surface area contributed by atoms with Crippen molar-refractivity contribution in [3.8, 4) is 5.75 Å². The molecule has 1 amide bonds. The fraction of sp³-hybridized carbons (Fsp3) is 0.438. The molecule has 1 saturated carbocycles. The normalized spacial score (nSPS) is 22.1. The van der Waals surface area contributed by atoms with Crippen LogP contribution in [-0.2, 0) is 4.79 Å². The monoisotopic (exact) mass is 275 g/mol. The maximum absolute atomic E-state index is 11.8. The highest BCUT2D eigenvalue weighted by atomic mass is 16.5. The first-order valence-corrected chi connectivity index (χ1v) is 6.97. The fourth-order valence-corrected chi connectivity index (χ4v) is 2.52. The zero-order chi connectivity index (χ0) is 14.4. The van der Waals surface area contributed by atoms with Crippen molar-refractivity contribution >= 4 is 12.0 Å². The van der Waals surface area contributed by atoms with Crippen molar-refractivity contribution in [2.24, 2.45) is 5.92 Å².